The van der Waals surface area contributed by atoms with Gasteiger partial charge in [-0.1, -0.05) is 6.07 Å². The molecule has 0 saturated carbocycles. The number of nitrogens with zero attached hydrogens (tertiary/aromatic N) is 1. The Hall–Kier alpha value is -3.88. The molecule has 0 unspecified atom stereocenters. The standard InChI is InChI=1S/C24H24N2O6/c25-23(29)17-2-1-3-18(16-17)24(30)26(19-4-8-21(9-5-19)31-14-12-27)20-6-10-22(11-7-20)32-15-13-28/h1-11,16,27-28H,12-15H2,(H2,25,29). The topological polar surface area (TPSA) is 122 Å². The van der Waals surface area contributed by atoms with Crippen molar-refractivity contribution in [1.82, 2.24) is 0 Å². The zero-order valence-electron chi connectivity index (χ0n) is 17.3. The number of aliphatic hydroxyl groups is 2. The average Bonchev–Trinajstić information content (AvgIpc) is 2.83. The second-order valence-electron chi connectivity index (χ2n) is 6.72. The number of aliphatic hydroxyl groups excluding tert-OH is 2. The third-order valence-electron chi connectivity index (χ3n) is 4.51. The van der Waals surface area contributed by atoms with E-state index < -0.39 is 5.91 Å². The van der Waals surface area contributed by atoms with Gasteiger partial charge in [0.05, 0.1) is 13.2 Å². The molecule has 0 heterocycles. The van der Waals surface area contributed by atoms with Crippen molar-refractivity contribution >= 4 is 23.2 Å². The minimum absolute atomic E-state index is 0.104. The van der Waals surface area contributed by atoms with Gasteiger partial charge >= 0.3 is 0 Å². The Labute approximate surface area is 185 Å². The molecule has 0 bridgehead atoms. The first-order valence-corrected chi connectivity index (χ1v) is 9.95. The summed E-state index contributed by atoms with van der Waals surface area (Å²) in [5.41, 5.74) is 7.03. The highest BCUT2D eigenvalue weighted by atomic mass is 16.5. The molecule has 3 aromatic carbocycles. The Morgan fingerprint density at radius 2 is 1.22 bits per heavy atom. The summed E-state index contributed by atoms with van der Waals surface area (Å²) in [5.74, 6) is 0.125. The first kappa shape index (κ1) is 22.8. The zero-order valence-corrected chi connectivity index (χ0v) is 17.3. The Morgan fingerprint density at radius 3 is 1.66 bits per heavy atom. The number of rotatable bonds is 10. The first-order valence-electron chi connectivity index (χ1n) is 9.95. The van der Waals surface area contributed by atoms with E-state index in [4.69, 9.17) is 25.4 Å². The van der Waals surface area contributed by atoms with Gasteiger partial charge in [-0.2, -0.15) is 0 Å². The van der Waals surface area contributed by atoms with E-state index in [9.17, 15) is 9.59 Å². The van der Waals surface area contributed by atoms with Crippen LogP contribution in [0, 0.1) is 0 Å². The van der Waals surface area contributed by atoms with Crippen LogP contribution in [0.3, 0.4) is 0 Å². The lowest BCUT2D eigenvalue weighted by Gasteiger charge is -2.24. The van der Waals surface area contributed by atoms with Gasteiger partial charge in [-0.25, -0.2) is 0 Å². The maximum Gasteiger partial charge on any atom is 0.262 e. The fourth-order valence-corrected chi connectivity index (χ4v) is 3.03. The first-order chi connectivity index (χ1) is 15.5. The summed E-state index contributed by atoms with van der Waals surface area (Å²) in [6.45, 7) is 0.120. The van der Waals surface area contributed by atoms with Gasteiger partial charge in [0, 0.05) is 22.5 Å². The highest BCUT2D eigenvalue weighted by molar-refractivity contribution is 6.11. The predicted octanol–water partition coefficient (Wildman–Crippen LogP) is 2.51. The molecule has 8 heteroatoms. The highest BCUT2D eigenvalue weighted by Gasteiger charge is 2.21. The Kier molecular flexibility index (Phi) is 7.80. The van der Waals surface area contributed by atoms with E-state index in [0.29, 0.717) is 28.4 Å². The summed E-state index contributed by atoms with van der Waals surface area (Å²) in [6, 6.07) is 19.9. The molecule has 0 radical (unpaired) electrons. The fraction of sp³-hybridized carbons (Fsp3) is 0.167. The molecular formula is C24H24N2O6. The number of nitrogens with two attached hydrogens (primary N) is 1. The molecule has 0 aliphatic carbocycles. The van der Waals surface area contributed by atoms with E-state index in [2.05, 4.69) is 0 Å². The third-order valence-corrected chi connectivity index (χ3v) is 4.51. The summed E-state index contributed by atoms with van der Waals surface area (Å²) in [7, 11) is 0. The van der Waals surface area contributed by atoms with Crippen molar-refractivity contribution in [2.24, 2.45) is 5.73 Å². The molecule has 4 N–H and O–H groups in total. The quantitative estimate of drug-likeness (QED) is 0.449. The van der Waals surface area contributed by atoms with Gasteiger partial charge in [-0.3, -0.25) is 14.5 Å². The van der Waals surface area contributed by atoms with Crippen LogP contribution in [-0.4, -0.2) is 48.5 Å². The molecule has 0 aliphatic rings. The largest absolute Gasteiger partial charge is 0.491 e. The van der Waals surface area contributed by atoms with Crippen molar-refractivity contribution in [3.8, 4) is 11.5 Å². The van der Waals surface area contributed by atoms with E-state index >= 15 is 0 Å². The molecular weight excluding hydrogens is 412 g/mol. The van der Waals surface area contributed by atoms with Gasteiger partial charge < -0.3 is 25.4 Å². The number of carbonyl (C=O) groups is 2. The van der Waals surface area contributed by atoms with Crippen LogP contribution in [0.5, 0.6) is 11.5 Å². The number of benzene rings is 3. The van der Waals surface area contributed by atoms with Crippen molar-refractivity contribution in [2.75, 3.05) is 31.3 Å². The minimum Gasteiger partial charge on any atom is -0.491 e. The van der Waals surface area contributed by atoms with E-state index in [1.165, 1.54) is 11.0 Å². The van der Waals surface area contributed by atoms with Crippen LogP contribution in [0.4, 0.5) is 11.4 Å². The Bertz CT molecular complexity index is 999. The van der Waals surface area contributed by atoms with Crippen molar-refractivity contribution < 1.29 is 29.3 Å². The van der Waals surface area contributed by atoms with Crippen LogP contribution in [0.1, 0.15) is 20.7 Å². The van der Waals surface area contributed by atoms with Crippen LogP contribution >= 0.6 is 0 Å². The zero-order chi connectivity index (χ0) is 22.9. The second-order valence-corrected chi connectivity index (χ2v) is 6.72. The normalized spacial score (nSPS) is 10.4. The SMILES string of the molecule is NC(=O)c1cccc(C(=O)N(c2ccc(OCCO)cc2)c2ccc(OCCO)cc2)c1. The number of ether oxygens (including phenoxy) is 2. The van der Waals surface area contributed by atoms with Gasteiger partial charge in [0.25, 0.3) is 5.91 Å². The summed E-state index contributed by atoms with van der Waals surface area (Å²) in [6.07, 6.45) is 0. The fourth-order valence-electron chi connectivity index (χ4n) is 3.03. The molecule has 3 rings (SSSR count). The lowest BCUT2D eigenvalue weighted by Crippen LogP contribution is -2.26. The predicted molar refractivity (Wildman–Crippen MR) is 119 cm³/mol. The molecule has 3 aromatic rings. The maximum atomic E-state index is 13.5. The molecule has 166 valence electrons. The molecule has 0 aliphatic heterocycles. The summed E-state index contributed by atoms with van der Waals surface area (Å²) < 4.78 is 10.8. The van der Waals surface area contributed by atoms with Crippen LogP contribution in [-0.2, 0) is 0 Å². The van der Waals surface area contributed by atoms with E-state index in [-0.39, 0.29) is 37.9 Å². The molecule has 32 heavy (non-hydrogen) atoms. The van der Waals surface area contributed by atoms with Gasteiger partial charge in [0.2, 0.25) is 5.91 Å². The number of anilines is 2. The monoisotopic (exact) mass is 436 g/mol. The van der Waals surface area contributed by atoms with Crippen molar-refractivity contribution in [2.45, 2.75) is 0 Å². The molecule has 0 atom stereocenters. The summed E-state index contributed by atoms with van der Waals surface area (Å²) in [4.78, 5) is 26.5. The van der Waals surface area contributed by atoms with E-state index in [1.54, 1.807) is 66.7 Å². The van der Waals surface area contributed by atoms with Crippen LogP contribution in [0.2, 0.25) is 0 Å². The highest BCUT2D eigenvalue weighted by Crippen LogP contribution is 2.30. The maximum absolute atomic E-state index is 13.5. The number of carbonyl (C=O) groups excluding carboxylic acids is 2. The van der Waals surface area contributed by atoms with Gasteiger partial charge in [0.15, 0.2) is 0 Å². The molecule has 2 amide bonds. The number of amides is 2. The smallest absolute Gasteiger partial charge is 0.262 e. The minimum atomic E-state index is -0.623. The Balaban J connectivity index is 1.98. The molecule has 0 spiro atoms. The van der Waals surface area contributed by atoms with E-state index in [1.807, 2.05) is 0 Å². The van der Waals surface area contributed by atoms with Crippen LogP contribution in [0.25, 0.3) is 0 Å². The lowest BCUT2D eigenvalue weighted by atomic mass is 10.1. The number of hydrogen-bond donors (Lipinski definition) is 3. The van der Waals surface area contributed by atoms with Crippen molar-refractivity contribution in [3.05, 3.63) is 83.9 Å². The average molecular weight is 436 g/mol. The number of hydrogen-bond acceptors (Lipinski definition) is 6. The summed E-state index contributed by atoms with van der Waals surface area (Å²) >= 11 is 0. The third kappa shape index (κ3) is 5.63. The van der Waals surface area contributed by atoms with Gasteiger partial charge in [-0.05, 0) is 66.7 Å². The van der Waals surface area contributed by atoms with Crippen LogP contribution < -0.4 is 20.1 Å². The second kappa shape index (κ2) is 10.9. The Morgan fingerprint density at radius 1 is 0.750 bits per heavy atom. The van der Waals surface area contributed by atoms with E-state index in [0.717, 1.165) is 0 Å². The van der Waals surface area contributed by atoms with Gasteiger partial charge in [-0.15, -0.1) is 0 Å². The van der Waals surface area contributed by atoms with Gasteiger partial charge in [0.1, 0.15) is 24.7 Å². The molecule has 0 saturated heterocycles. The lowest BCUT2D eigenvalue weighted by molar-refractivity contribution is 0.0998. The number of primary amides is 1. The molecule has 8 nitrogen and oxygen atoms in total. The summed E-state index contributed by atoms with van der Waals surface area (Å²) in [5, 5.41) is 17.8. The van der Waals surface area contributed by atoms with Crippen molar-refractivity contribution in [1.29, 1.82) is 0 Å². The van der Waals surface area contributed by atoms with Crippen molar-refractivity contribution in [3.63, 3.8) is 0 Å². The molecule has 0 fully saturated rings. The van der Waals surface area contributed by atoms with Crippen LogP contribution in [0.15, 0.2) is 72.8 Å². The molecule has 0 aromatic heterocycles.